The Kier molecular flexibility index (Phi) is 6.45. The minimum Gasteiger partial charge on any atom is -0.497 e. The van der Waals surface area contributed by atoms with Gasteiger partial charge >= 0.3 is 5.97 Å². The van der Waals surface area contributed by atoms with E-state index in [2.05, 4.69) is 0 Å². The van der Waals surface area contributed by atoms with Gasteiger partial charge in [0, 0.05) is 23.7 Å². The van der Waals surface area contributed by atoms with E-state index < -0.39 is 5.97 Å². The number of carbonyl (C=O) groups excluding carboxylic acids is 1. The molecule has 5 nitrogen and oxygen atoms in total. The SMILES string of the molecule is COc1ccc(F)c(-c2ccc(Cc3ccc(N4CC(=O)CC4CC(=O)O)cc3)c(C)c2)c1. The Labute approximate surface area is 192 Å². The fraction of sp³-hybridized carbons (Fsp3) is 0.259. The summed E-state index contributed by atoms with van der Waals surface area (Å²) in [7, 11) is 1.56. The minimum absolute atomic E-state index is 0.0487. The summed E-state index contributed by atoms with van der Waals surface area (Å²) in [5, 5.41) is 9.13. The number of benzene rings is 3. The zero-order valence-corrected chi connectivity index (χ0v) is 18.7. The summed E-state index contributed by atoms with van der Waals surface area (Å²) in [5.41, 5.74) is 5.45. The Bertz CT molecular complexity index is 1190. The third-order valence-corrected chi connectivity index (χ3v) is 6.15. The molecule has 0 radical (unpaired) electrons. The Morgan fingerprint density at radius 3 is 2.55 bits per heavy atom. The fourth-order valence-electron chi connectivity index (χ4n) is 4.38. The summed E-state index contributed by atoms with van der Waals surface area (Å²) in [6, 6.07) is 18.2. The Balaban J connectivity index is 1.51. The Hall–Kier alpha value is -3.67. The zero-order chi connectivity index (χ0) is 23.5. The number of carboxylic acid groups (broad SMARTS) is 1. The number of rotatable bonds is 7. The summed E-state index contributed by atoms with van der Waals surface area (Å²) >= 11 is 0. The molecule has 1 heterocycles. The lowest BCUT2D eigenvalue weighted by molar-refractivity contribution is -0.137. The van der Waals surface area contributed by atoms with Crippen molar-refractivity contribution in [3.05, 3.63) is 83.2 Å². The van der Waals surface area contributed by atoms with E-state index in [1.54, 1.807) is 19.2 Å². The summed E-state index contributed by atoms with van der Waals surface area (Å²) < 4.78 is 19.6. The molecule has 1 unspecified atom stereocenters. The van der Waals surface area contributed by atoms with Gasteiger partial charge in [0.05, 0.1) is 20.1 Å². The number of hydrogen-bond donors (Lipinski definition) is 1. The van der Waals surface area contributed by atoms with Crippen LogP contribution in [0.4, 0.5) is 10.1 Å². The smallest absolute Gasteiger partial charge is 0.305 e. The van der Waals surface area contributed by atoms with Crippen molar-refractivity contribution < 1.29 is 23.8 Å². The third-order valence-electron chi connectivity index (χ3n) is 6.15. The monoisotopic (exact) mass is 447 g/mol. The molecule has 1 fully saturated rings. The van der Waals surface area contributed by atoms with E-state index in [9.17, 15) is 14.0 Å². The maximum atomic E-state index is 14.3. The maximum absolute atomic E-state index is 14.3. The van der Waals surface area contributed by atoms with Crippen LogP contribution < -0.4 is 9.64 Å². The van der Waals surface area contributed by atoms with Gasteiger partial charge < -0.3 is 14.7 Å². The van der Waals surface area contributed by atoms with E-state index in [0.717, 1.165) is 27.9 Å². The van der Waals surface area contributed by atoms with Gasteiger partial charge in [-0.3, -0.25) is 9.59 Å². The number of ketones is 1. The standard InChI is InChI=1S/C27H26FNO4/c1-17-11-20(25-15-24(33-2)9-10-26(25)28)6-5-19(17)12-18-3-7-21(8-4-18)29-16-23(30)13-22(29)14-27(31)32/h3-11,15,22H,12-14,16H2,1-2H3,(H,31,32). The molecule has 33 heavy (non-hydrogen) atoms. The lowest BCUT2D eigenvalue weighted by atomic mass is 9.95. The van der Waals surface area contributed by atoms with Crippen molar-refractivity contribution in [1.29, 1.82) is 0 Å². The number of carboxylic acids is 1. The van der Waals surface area contributed by atoms with Crippen molar-refractivity contribution in [2.45, 2.75) is 32.2 Å². The highest BCUT2D eigenvalue weighted by Crippen LogP contribution is 2.30. The molecule has 1 saturated heterocycles. The van der Waals surface area contributed by atoms with E-state index in [1.165, 1.54) is 6.07 Å². The number of aryl methyl sites for hydroxylation is 1. The molecule has 0 bridgehead atoms. The number of halogens is 1. The number of hydrogen-bond acceptors (Lipinski definition) is 4. The van der Waals surface area contributed by atoms with E-state index in [1.807, 2.05) is 54.3 Å². The first-order valence-electron chi connectivity index (χ1n) is 10.9. The molecule has 1 atom stereocenters. The molecule has 3 aromatic carbocycles. The summed E-state index contributed by atoms with van der Waals surface area (Å²) in [6.45, 7) is 2.26. The van der Waals surface area contributed by atoms with Crippen molar-refractivity contribution in [2.75, 3.05) is 18.6 Å². The normalized spacial score (nSPS) is 15.7. The van der Waals surface area contributed by atoms with Crippen LogP contribution in [0, 0.1) is 12.7 Å². The van der Waals surface area contributed by atoms with Gasteiger partial charge in [0.1, 0.15) is 11.6 Å². The molecule has 4 rings (SSSR count). The van der Waals surface area contributed by atoms with Crippen LogP contribution in [0.1, 0.15) is 29.5 Å². The van der Waals surface area contributed by atoms with Crippen molar-refractivity contribution in [2.24, 2.45) is 0 Å². The number of anilines is 1. The molecule has 1 aliphatic rings. The molecular weight excluding hydrogens is 421 g/mol. The Morgan fingerprint density at radius 1 is 1.12 bits per heavy atom. The summed E-state index contributed by atoms with van der Waals surface area (Å²) in [6.07, 6.45) is 0.935. The van der Waals surface area contributed by atoms with E-state index >= 15 is 0 Å². The van der Waals surface area contributed by atoms with Crippen molar-refractivity contribution in [3.8, 4) is 16.9 Å². The number of ether oxygens (including phenoxy) is 1. The van der Waals surface area contributed by atoms with Crippen LogP contribution in [0.25, 0.3) is 11.1 Å². The van der Waals surface area contributed by atoms with Gasteiger partial charge in [-0.25, -0.2) is 4.39 Å². The molecule has 0 aromatic heterocycles. The van der Waals surface area contributed by atoms with Gasteiger partial charge in [-0.1, -0.05) is 30.3 Å². The van der Waals surface area contributed by atoms with Gasteiger partial charge in [-0.05, 0) is 65.9 Å². The molecule has 0 saturated carbocycles. The minimum atomic E-state index is -0.899. The Morgan fingerprint density at radius 2 is 1.88 bits per heavy atom. The first-order valence-corrected chi connectivity index (χ1v) is 10.9. The highest BCUT2D eigenvalue weighted by Gasteiger charge is 2.32. The van der Waals surface area contributed by atoms with Crippen molar-refractivity contribution in [3.63, 3.8) is 0 Å². The topological polar surface area (TPSA) is 66.8 Å². The van der Waals surface area contributed by atoms with Crippen LogP contribution in [0.2, 0.25) is 0 Å². The molecular formula is C27H26FNO4. The molecule has 1 aliphatic heterocycles. The number of methoxy groups -OCH3 is 1. The van der Waals surface area contributed by atoms with Gasteiger partial charge in [0.25, 0.3) is 0 Å². The van der Waals surface area contributed by atoms with Crippen LogP contribution in [0.15, 0.2) is 60.7 Å². The fourth-order valence-corrected chi connectivity index (χ4v) is 4.38. The summed E-state index contributed by atoms with van der Waals surface area (Å²) in [5.74, 6) is -0.517. The average Bonchev–Trinajstić information content (AvgIpc) is 3.15. The van der Waals surface area contributed by atoms with Gasteiger partial charge in [-0.15, -0.1) is 0 Å². The van der Waals surface area contributed by atoms with Crippen LogP contribution in [-0.2, 0) is 16.0 Å². The van der Waals surface area contributed by atoms with Crippen LogP contribution >= 0.6 is 0 Å². The molecule has 0 aliphatic carbocycles. The largest absolute Gasteiger partial charge is 0.497 e. The first-order chi connectivity index (χ1) is 15.8. The predicted octanol–water partition coefficient (Wildman–Crippen LogP) is 5.02. The van der Waals surface area contributed by atoms with Gasteiger partial charge in [0.15, 0.2) is 5.78 Å². The molecule has 0 spiro atoms. The van der Waals surface area contributed by atoms with E-state index in [-0.39, 0.29) is 37.0 Å². The quantitative estimate of drug-likeness (QED) is 0.551. The number of Topliss-reactive ketones (excluding diaryl/α,β-unsaturated/α-hetero) is 1. The second kappa shape index (κ2) is 9.45. The zero-order valence-electron chi connectivity index (χ0n) is 18.7. The van der Waals surface area contributed by atoms with Crippen LogP contribution in [0.5, 0.6) is 5.75 Å². The number of aliphatic carboxylic acids is 1. The highest BCUT2D eigenvalue weighted by molar-refractivity contribution is 5.89. The van der Waals surface area contributed by atoms with Crippen molar-refractivity contribution in [1.82, 2.24) is 0 Å². The van der Waals surface area contributed by atoms with E-state index in [0.29, 0.717) is 17.7 Å². The predicted molar refractivity (Wildman–Crippen MR) is 125 cm³/mol. The van der Waals surface area contributed by atoms with Crippen LogP contribution in [0.3, 0.4) is 0 Å². The number of carbonyl (C=O) groups is 2. The molecule has 170 valence electrons. The molecule has 6 heteroatoms. The lowest BCUT2D eigenvalue weighted by Gasteiger charge is -2.25. The van der Waals surface area contributed by atoms with Crippen LogP contribution in [-0.4, -0.2) is 36.6 Å². The van der Waals surface area contributed by atoms with Gasteiger partial charge in [0.2, 0.25) is 0 Å². The molecule has 0 amide bonds. The second-order valence-electron chi connectivity index (χ2n) is 8.45. The first kappa shape index (κ1) is 22.5. The maximum Gasteiger partial charge on any atom is 0.305 e. The van der Waals surface area contributed by atoms with Gasteiger partial charge in [-0.2, -0.15) is 0 Å². The average molecular weight is 448 g/mol. The highest BCUT2D eigenvalue weighted by atomic mass is 19.1. The third kappa shape index (κ3) is 5.06. The summed E-state index contributed by atoms with van der Waals surface area (Å²) in [4.78, 5) is 24.9. The second-order valence-corrected chi connectivity index (χ2v) is 8.45. The lowest BCUT2D eigenvalue weighted by Crippen LogP contribution is -2.31. The van der Waals surface area contributed by atoms with Crippen molar-refractivity contribution >= 4 is 17.4 Å². The van der Waals surface area contributed by atoms with E-state index in [4.69, 9.17) is 9.84 Å². The number of nitrogens with zero attached hydrogens (tertiary/aromatic N) is 1. The molecule has 1 N–H and O–H groups in total. The molecule has 3 aromatic rings.